The first kappa shape index (κ1) is 52.3. The molecule has 0 aliphatic rings. The summed E-state index contributed by atoms with van der Waals surface area (Å²) in [6.45, 7) is 4.80. The molecule has 0 radical (unpaired) electrons. The molecule has 6 nitrogen and oxygen atoms in total. The second-order valence-corrected chi connectivity index (χ2v) is 16.1. The molecule has 0 aromatic carbocycles. The Morgan fingerprint density at radius 1 is 0.500 bits per heavy atom. The maximum absolute atomic E-state index is 12.4. The summed E-state index contributed by atoms with van der Waals surface area (Å²) >= 11 is 0. The summed E-state index contributed by atoms with van der Waals surface area (Å²) < 4.78 is 5.42. The van der Waals surface area contributed by atoms with Crippen LogP contribution < -0.4 is 5.32 Å². The molecule has 318 valence electrons. The van der Waals surface area contributed by atoms with Crippen molar-refractivity contribution in [2.45, 2.75) is 257 Å². The fourth-order valence-electron chi connectivity index (χ4n) is 7.04. The van der Waals surface area contributed by atoms with Crippen LogP contribution in [0.15, 0.2) is 24.3 Å². The van der Waals surface area contributed by atoms with E-state index in [4.69, 9.17) is 4.74 Å². The van der Waals surface area contributed by atoms with Crippen molar-refractivity contribution < 1.29 is 24.5 Å². The number of rotatable bonds is 43. The van der Waals surface area contributed by atoms with Crippen molar-refractivity contribution >= 4 is 11.9 Å². The molecule has 0 fully saturated rings. The molecule has 0 saturated heterocycles. The summed E-state index contributed by atoms with van der Waals surface area (Å²) in [4.78, 5) is 24.4. The second-order valence-electron chi connectivity index (χ2n) is 16.1. The normalized spacial score (nSPS) is 12.9. The molecule has 0 saturated carbocycles. The third-order valence-electron chi connectivity index (χ3n) is 10.7. The largest absolute Gasteiger partial charge is 0.466 e. The number of amides is 1. The Bertz CT molecular complexity index is 843. The van der Waals surface area contributed by atoms with E-state index in [9.17, 15) is 19.8 Å². The number of nitrogens with one attached hydrogen (secondary N) is 1. The number of esters is 1. The lowest BCUT2D eigenvalue weighted by Gasteiger charge is -2.20. The Morgan fingerprint density at radius 3 is 1.31 bits per heavy atom. The van der Waals surface area contributed by atoms with Crippen LogP contribution in [0.5, 0.6) is 0 Å². The molecular formula is C48H91NO5. The van der Waals surface area contributed by atoms with E-state index in [2.05, 4.69) is 31.3 Å². The summed E-state index contributed by atoms with van der Waals surface area (Å²) in [7, 11) is 0. The van der Waals surface area contributed by atoms with Gasteiger partial charge in [0, 0.05) is 12.8 Å². The lowest BCUT2D eigenvalue weighted by molar-refractivity contribution is -0.143. The van der Waals surface area contributed by atoms with Crippen LogP contribution in [0.25, 0.3) is 0 Å². The molecule has 0 spiro atoms. The molecule has 1 amide bonds. The quantitative estimate of drug-likeness (QED) is 0.0327. The van der Waals surface area contributed by atoms with Gasteiger partial charge in [0.05, 0.1) is 25.4 Å². The summed E-state index contributed by atoms with van der Waals surface area (Å²) in [6.07, 6.45) is 50.2. The van der Waals surface area contributed by atoms with Gasteiger partial charge < -0.3 is 20.3 Å². The number of aliphatic hydroxyl groups excluding tert-OH is 2. The smallest absolute Gasteiger partial charge is 0.305 e. The molecular weight excluding hydrogens is 671 g/mol. The fraction of sp³-hybridized carbons (Fsp3) is 0.875. The number of allylic oxidation sites excluding steroid dienone is 3. The van der Waals surface area contributed by atoms with Gasteiger partial charge in [-0.25, -0.2) is 0 Å². The number of unbranched alkanes of at least 4 members (excludes halogenated alkanes) is 30. The van der Waals surface area contributed by atoms with Gasteiger partial charge in [0.1, 0.15) is 0 Å². The molecule has 6 heteroatoms. The van der Waals surface area contributed by atoms with Crippen LogP contribution >= 0.6 is 0 Å². The van der Waals surface area contributed by atoms with Gasteiger partial charge in [-0.2, -0.15) is 0 Å². The molecule has 3 N–H and O–H groups in total. The highest BCUT2D eigenvalue weighted by molar-refractivity contribution is 5.76. The van der Waals surface area contributed by atoms with Gasteiger partial charge in [-0.05, 0) is 57.8 Å². The van der Waals surface area contributed by atoms with Crippen LogP contribution in [-0.2, 0) is 14.3 Å². The van der Waals surface area contributed by atoms with E-state index in [-0.39, 0.29) is 18.5 Å². The first-order valence-corrected chi connectivity index (χ1v) is 23.6. The van der Waals surface area contributed by atoms with Gasteiger partial charge in [-0.3, -0.25) is 9.59 Å². The van der Waals surface area contributed by atoms with Gasteiger partial charge in [-0.1, -0.05) is 199 Å². The van der Waals surface area contributed by atoms with Crippen molar-refractivity contribution in [3.8, 4) is 0 Å². The van der Waals surface area contributed by atoms with Crippen LogP contribution in [0, 0.1) is 0 Å². The van der Waals surface area contributed by atoms with Crippen LogP contribution in [0.2, 0.25) is 0 Å². The van der Waals surface area contributed by atoms with Gasteiger partial charge >= 0.3 is 5.97 Å². The fourth-order valence-corrected chi connectivity index (χ4v) is 7.04. The monoisotopic (exact) mass is 762 g/mol. The highest BCUT2D eigenvalue weighted by Gasteiger charge is 2.18. The number of hydrogen-bond acceptors (Lipinski definition) is 5. The highest BCUT2D eigenvalue weighted by atomic mass is 16.5. The molecule has 0 heterocycles. The molecule has 0 aliphatic carbocycles. The number of ether oxygens (including phenoxy) is 1. The number of carbonyl (C=O) groups excluding carboxylic acids is 2. The molecule has 54 heavy (non-hydrogen) atoms. The number of carbonyl (C=O) groups is 2. The van der Waals surface area contributed by atoms with Gasteiger partial charge in [0.15, 0.2) is 0 Å². The Labute approximate surface area is 335 Å². The standard InChI is InChI=1S/C48H91NO5/c1-3-5-7-9-11-13-15-17-19-20-24-28-32-36-40-46(51)45(44-50)49-47(52)41-37-33-29-25-22-23-27-31-35-39-43-54-48(53)42-38-34-30-26-21-18-16-14-12-10-8-6-4-2/h23,27,36,40,45-46,50-51H,3-22,24-26,28-35,37-39,41-44H2,1-2H3,(H,49,52)/b27-23-,40-36+. The average Bonchev–Trinajstić information content (AvgIpc) is 3.17. The third kappa shape index (κ3) is 40.0. The summed E-state index contributed by atoms with van der Waals surface area (Å²) in [5.74, 6) is -0.142. The van der Waals surface area contributed by atoms with E-state index in [1.165, 1.54) is 141 Å². The van der Waals surface area contributed by atoms with Crippen LogP contribution in [0.3, 0.4) is 0 Å². The van der Waals surface area contributed by atoms with Crippen molar-refractivity contribution in [3.05, 3.63) is 24.3 Å². The third-order valence-corrected chi connectivity index (χ3v) is 10.7. The average molecular weight is 762 g/mol. The topological polar surface area (TPSA) is 95.9 Å². The lowest BCUT2D eigenvalue weighted by atomic mass is 10.0. The predicted octanol–water partition coefficient (Wildman–Crippen LogP) is 13.6. The Balaban J connectivity index is 3.58. The van der Waals surface area contributed by atoms with Gasteiger partial charge in [-0.15, -0.1) is 0 Å². The van der Waals surface area contributed by atoms with Gasteiger partial charge in [0.25, 0.3) is 0 Å². The zero-order chi connectivity index (χ0) is 39.4. The Morgan fingerprint density at radius 2 is 0.870 bits per heavy atom. The van der Waals surface area contributed by atoms with E-state index in [1.54, 1.807) is 6.08 Å². The molecule has 0 bridgehead atoms. The maximum Gasteiger partial charge on any atom is 0.305 e. The molecule has 2 atom stereocenters. The Hall–Kier alpha value is -1.66. The van der Waals surface area contributed by atoms with Crippen LogP contribution in [0.1, 0.15) is 245 Å². The van der Waals surface area contributed by atoms with E-state index in [1.807, 2.05) is 6.08 Å². The molecule has 0 aromatic heterocycles. The minimum Gasteiger partial charge on any atom is -0.466 e. The minimum absolute atomic E-state index is 0.0375. The van der Waals surface area contributed by atoms with Crippen molar-refractivity contribution in [2.75, 3.05) is 13.2 Å². The van der Waals surface area contributed by atoms with E-state index in [0.717, 1.165) is 77.0 Å². The highest BCUT2D eigenvalue weighted by Crippen LogP contribution is 2.15. The van der Waals surface area contributed by atoms with Crippen LogP contribution in [-0.4, -0.2) is 47.4 Å². The lowest BCUT2D eigenvalue weighted by Crippen LogP contribution is -2.45. The minimum atomic E-state index is -0.864. The summed E-state index contributed by atoms with van der Waals surface area (Å²) in [5, 5.41) is 23.0. The molecule has 0 aliphatic heterocycles. The number of hydrogen-bond donors (Lipinski definition) is 3. The van der Waals surface area contributed by atoms with Crippen LogP contribution in [0.4, 0.5) is 0 Å². The van der Waals surface area contributed by atoms with E-state index in [0.29, 0.717) is 19.4 Å². The molecule has 0 rings (SSSR count). The predicted molar refractivity (Wildman–Crippen MR) is 232 cm³/mol. The SMILES string of the molecule is CCCCCCCCCCCCCC/C=C/C(O)C(CO)NC(=O)CCCCCC/C=C\CCCCOC(=O)CCCCCCCCCCCCCCC. The number of aliphatic hydroxyl groups is 2. The van der Waals surface area contributed by atoms with Crippen molar-refractivity contribution in [3.63, 3.8) is 0 Å². The zero-order valence-electron chi connectivity index (χ0n) is 36.0. The maximum atomic E-state index is 12.4. The second kappa shape index (κ2) is 44.1. The summed E-state index contributed by atoms with van der Waals surface area (Å²) in [6, 6.07) is -0.651. The van der Waals surface area contributed by atoms with E-state index < -0.39 is 12.1 Å². The van der Waals surface area contributed by atoms with Crippen molar-refractivity contribution in [2.24, 2.45) is 0 Å². The van der Waals surface area contributed by atoms with E-state index >= 15 is 0 Å². The van der Waals surface area contributed by atoms with Crippen molar-refractivity contribution in [1.82, 2.24) is 5.32 Å². The first-order valence-electron chi connectivity index (χ1n) is 23.6. The summed E-state index contributed by atoms with van der Waals surface area (Å²) in [5.41, 5.74) is 0. The zero-order valence-corrected chi connectivity index (χ0v) is 36.0. The van der Waals surface area contributed by atoms with Crippen molar-refractivity contribution in [1.29, 1.82) is 0 Å². The van der Waals surface area contributed by atoms with Gasteiger partial charge in [0.2, 0.25) is 5.91 Å². The Kier molecular flexibility index (Phi) is 42.7. The first-order chi connectivity index (χ1) is 26.5. The molecule has 2 unspecified atom stereocenters. The molecule has 0 aromatic rings.